The van der Waals surface area contributed by atoms with E-state index in [2.05, 4.69) is 34.6 Å². The minimum absolute atomic E-state index is 0.152. The Morgan fingerprint density at radius 2 is 1.65 bits per heavy atom. The number of hydrogen-bond acceptors (Lipinski definition) is 1. The van der Waals surface area contributed by atoms with Gasteiger partial charge in [0.2, 0.25) is 0 Å². The molecule has 17 heavy (non-hydrogen) atoms. The third kappa shape index (κ3) is 0.654. The molecular weight excluding hydrogens is 208 g/mol. The summed E-state index contributed by atoms with van der Waals surface area (Å²) in [7, 11) is 0. The summed E-state index contributed by atoms with van der Waals surface area (Å²) in [5, 5.41) is 0. The lowest BCUT2D eigenvalue weighted by atomic mass is 9.47. The lowest BCUT2D eigenvalue weighted by molar-refractivity contribution is -0.226. The molecule has 0 aromatic carbocycles. The van der Waals surface area contributed by atoms with E-state index < -0.39 is 0 Å². The largest absolute Gasteiger partial charge is 0.367 e. The molecule has 1 saturated heterocycles. The highest BCUT2D eigenvalue weighted by molar-refractivity contribution is 5.36. The summed E-state index contributed by atoms with van der Waals surface area (Å²) in [4.78, 5) is 0. The maximum atomic E-state index is 6.81. The summed E-state index contributed by atoms with van der Waals surface area (Å²) >= 11 is 0. The highest BCUT2D eigenvalue weighted by atomic mass is 16.5. The fourth-order valence-electron chi connectivity index (χ4n) is 7.33. The Morgan fingerprint density at radius 1 is 0.941 bits per heavy atom. The molecule has 1 heteroatoms. The Bertz CT molecular complexity index is 414. The van der Waals surface area contributed by atoms with Crippen LogP contribution in [0.2, 0.25) is 0 Å². The van der Waals surface area contributed by atoms with Crippen molar-refractivity contribution < 1.29 is 4.74 Å². The zero-order chi connectivity index (χ0) is 12.3. The van der Waals surface area contributed by atoms with Crippen LogP contribution < -0.4 is 0 Å². The van der Waals surface area contributed by atoms with Gasteiger partial charge in [-0.05, 0) is 51.9 Å². The van der Waals surface area contributed by atoms with Crippen molar-refractivity contribution in [3.05, 3.63) is 0 Å². The van der Waals surface area contributed by atoms with Crippen molar-refractivity contribution in [3.63, 3.8) is 0 Å². The zero-order valence-electron chi connectivity index (χ0n) is 12.0. The second-order valence-corrected chi connectivity index (χ2v) is 8.14. The third-order valence-electron chi connectivity index (χ3n) is 8.68. The van der Waals surface area contributed by atoms with Crippen LogP contribution in [0.5, 0.6) is 0 Å². The van der Waals surface area contributed by atoms with Gasteiger partial charge in [-0.3, -0.25) is 0 Å². The van der Waals surface area contributed by atoms with Gasteiger partial charge >= 0.3 is 0 Å². The molecule has 0 aromatic heterocycles. The molecule has 1 spiro atoms. The van der Waals surface area contributed by atoms with Gasteiger partial charge in [-0.15, -0.1) is 0 Å². The summed E-state index contributed by atoms with van der Waals surface area (Å²) in [5.41, 5.74) is 1.63. The lowest BCUT2D eigenvalue weighted by Crippen LogP contribution is -2.58. The van der Waals surface area contributed by atoms with E-state index >= 15 is 0 Å². The molecule has 1 heterocycles. The Morgan fingerprint density at radius 3 is 2.29 bits per heavy atom. The standard InChI is InChI=1S/C16H26O/c1-11-12(2)9-10-16-8-6-7-13(3,14(11,16)4)17-15(12,16)5/h11H,6-10H2,1-5H3/t11-,12-,13-,14-,15+,16-/m1/s1. The van der Waals surface area contributed by atoms with Crippen molar-refractivity contribution >= 4 is 0 Å². The van der Waals surface area contributed by atoms with Crippen LogP contribution in [0.4, 0.5) is 0 Å². The van der Waals surface area contributed by atoms with Crippen LogP contribution >= 0.6 is 0 Å². The monoisotopic (exact) mass is 234 g/mol. The van der Waals surface area contributed by atoms with Crippen molar-refractivity contribution in [1.82, 2.24) is 0 Å². The van der Waals surface area contributed by atoms with Crippen LogP contribution in [0, 0.1) is 22.2 Å². The minimum atomic E-state index is 0.152. The molecule has 0 N–H and O–H groups in total. The Balaban J connectivity index is 2.06. The summed E-state index contributed by atoms with van der Waals surface area (Å²) in [5.74, 6) is 0.813. The molecule has 96 valence electrons. The van der Waals surface area contributed by atoms with Gasteiger partial charge in [0.05, 0.1) is 11.2 Å². The molecule has 5 bridgehead atoms. The predicted molar refractivity (Wildman–Crippen MR) is 68.8 cm³/mol. The lowest BCUT2D eigenvalue weighted by Gasteiger charge is -2.59. The van der Waals surface area contributed by atoms with Gasteiger partial charge in [0.1, 0.15) is 0 Å². The minimum Gasteiger partial charge on any atom is -0.367 e. The number of hydrogen-bond donors (Lipinski definition) is 0. The summed E-state index contributed by atoms with van der Waals surface area (Å²) < 4.78 is 6.81. The molecule has 0 radical (unpaired) electrons. The van der Waals surface area contributed by atoms with Gasteiger partial charge in [-0.1, -0.05) is 20.8 Å². The molecule has 3 saturated carbocycles. The van der Waals surface area contributed by atoms with Gasteiger partial charge in [-0.2, -0.15) is 0 Å². The van der Waals surface area contributed by atoms with Crippen LogP contribution in [0.15, 0.2) is 0 Å². The van der Waals surface area contributed by atoms with Gasteiger partial charge in [0.25, 0.3) is 0 Å². The van der Waals surface area contributed by atoms with E-state index in [1.54, 1.807) is 0 Å². The van der Waals surface area contributed by atoms with E-state index in [1.165, 1.54) is 32.1 Å². The maximum Gasteiger partial charge on any atom is 0.0780 e. The van der Waals surface area contributed by atoms with Crippen LogP contribution in [0.3, 0.4) is 0 Å². The Hall–Kier alpha value is -0.0400. The molecule has 1 aliphatic heterocycles. The van der Waals surface area contributed by atoms with Gasteiger partial charge < -0.3 is 4.74 Å². The number of rotatable bonds is 0. The van der Waals surface area contributed by atoms with Crippen LogP contribution in [-0.4, -0.2) is 11.2 Å². The molecule has 3 aliphatic carbocycles. The molecule has 0 unspecified atom stereocenters. The molecule has 6 atom stereocenters. The van der Waals surface area contributed by atoms with Crippen molar-refractivity contribution in [1.29, 1.82) is 0 Å². The topological polar surface area (TPSA) is 9.23 Å². The Labute approximate surface area is 105 Å². The molecule has 0 aromatic rings. The summed E-state index contributed by atoms with van der Waals surface area (Å²) in [6.07, 6.45) is 6.87. The summed E-state index contributed by atoms with van der Waals surface area (Å²) in [6, 6.07) is 0. The van der Waals surface area contributed by atoms with Crippen LogP contribution in [-0.2, 0) is 4.74 Å². The molecule has 0 amide bonds. The first-order valence-corrected chi connectivity index (χ1v) is 7.48. The van der Waals surface area contributed by atoms with Crippen LogP contribution in [0.1, 0.15) is 66.7 Å². The maximum absolute atomic E-state index is 6.81. The second kappa shape index (κ2) is 2.35. The van der Waals surface area contributed by atoms with Crippen LogP contribution in [0.25, 0.3) is 0 Å². The first-order chi connectivity index (χ1) is 7.78. The first kappa shape index (κ1) is 10.8. The quantitative estimate of drug-likeness (QED) is 0.611. The van der Waals surface area contributed by atoms with E-state index in [0.717, 1.165) is 5.92 Å². The predicted octanol–water partition coefficient (Wildman–Crippen LogP) is 4.16. The van der Waals surface area contributed by atoms with E-state index in [1.807, 2.05) is 0 Å². The Kier molecular flexibility index (Phi) is 1.50. The van der Waals surface area contributed by atoms with Crippen molar-refractivity contribution in [2.45, 2.75) is 77.9 Å². The highest BCUT2D eigenvalue weighted by Crippen LogP contribution is 2.88. The van der Waals surface area contributed by atoms with E-state index in [4.69, 9.17) is 4.74 Å². The summed E-state index contributed by atoms with van der Waals surface area (Å²) in [6.45, 7) is 12.5. The second-order valence-electron chi connectivity index (χ2n) is 8.14. The zero-order valence-corrected chi connectivity index (χ0v) is 12.0. The number of ether oxygens (including phenoxy) is 1. The molecular formula is C16H26O. The van der Waals surface area contributed by atoms with Gasteiger partial charge in [0.15, 0.2) is 0 Å². The van der Waals surface area contributed by atoms with Gasteiger partial charge in [0, 0.05) is 16.2 Å². The smallest absolute Gasteiger partial charge is 0.0780 e. The highest BCUT2D eigenvalue weighted by Gasteiger charge is 2.89. The SMILES string of the molecule is C[C@H]1[C@@]2(C)[C@]34CCC[C@@]2(C)O[C@@]3(C)[C@]1(C)CC4. The average Bonchev–Trinajstić information content (AvgIpc) is 2.53. The fourth-order valence-corrected chi connectivity index (χ4v) is 7.33. The van der Waals surface area contributed by atoms with Crippen molar-refractivity contribution in [2.75, 3.05) is 0 Å². The van der Waals surface area contributed by atoms with Gasteiger partial charge in [-0.25, -0.2) is 0 Å². The van der Waals surface area contributed by atoms with E-state index in [9.17, 15) is 0 Å². The van der Waals surface area contributed by atoms with Crippen molar-refractivity contribution in [3.8, 4) is 0 Å². The molecule has 4 fully saturated rings. The van der Waals surface area contributed by atoms with E-state index in [0.29, 0.717) is 16.2 Å². The normalized spacial score (nSPS) is 72.2. The molecule has 1 nitrogen and oxygen atoms in total. The van der Waals surface area contributed by atoms with E-state index in [-0.39, 0.29) is 11.2 Å². The fraction of sp³-hybridized carbons (Fsp3) is 1.00. The average molecular weight is 234 g/mol. The third-order valence-corrected chi connectivity index (χ3v) is 8.68. The first-order valence-electron chi connectivity index (χ1n) is 7.48. The molecule has 4 rings (SSSR count). The molecule has 4 aliphatic rings. The van der Waals surface area contributed by atoms with Crippen molar-refractivity contribution in [2.24, 2.45) is 22.2 Å².